The minimum Gasteiger partial charge on any atom is -0.393 e. The van der Waals surface area contributed by atoms with Gasteiger partial charge in [0.05, 0.1) is 23.4 Å². The minimum absolute atomic E-state index is 0.496. The fraction of sp³-hybridized carbons (Fsp3) is 0.389. The summed E-state index contributed by atoms with van der Waals surface area (Å²) in [4.78, 5) is 15.6. The molecule has 0 aliphatic carbocycles. The zero-order valence-corrected chi connectivity index (χ0v) is 16.1. The van der Waals surface area contributed by atoms with Gasteiger partial charge in [0, 0.05) is 26.2 Å². The van der Waals surface area contributed by atoms with E-state index in [-0.39, 0.29) is 0 Å². The predicted molar refractivity (Wildman–Crippen MR) is 110 cm³/mol. The second-order valence-corrected chi connectivity index (χ2v) is 7.46. The van der Waals surface area contributed by atoms with Crippen molar-refractivity contribution in [2.45, 2.75) is 6.92 Å². The number of hydrogen-bond donors (Lipinski definition) is 3. The lowest BCUT2D eigenvalue weighted by molar-refractivity contribution is 0.0398. The molecule has 0 bridgehead atoms. The number of nitrogen functional groups attached to an aromatic ring is 1. The van der Waals surface area contributed by atoms with Gasteiger partial charge in [-0.2, -0.15) is 0 Å². The molecular weight excluding hydrogens is 362 g/mol. The van der Waals surface area contributed by atoms with Crippen LogP contribution in [0.3, 0.4) is 0 Å². The second kappa shape index (κ2) is 8.03. The van der Waals surface area contributed by atoms with Crippen molar-refractivity contribution in [3.63, 3.8) is 0 Å². The van der Waals surface area contributed by atoms with Crippen molar-refractivity contribution in [1.29, 1.82) is 0 Å². The molecule has 1 aromatic carbocycles. The number of rotatable bonds is 6. The first-order valence-corrected chi connectivity index (χ1v) is 9.80. The molecule has 0 amide bonds. The summed E-state index contributed by atoms with van der Waals surface area (Å²) >= 11 is 1.58. The third-order valence-electron chi connectivity index (χ3n) is 4.55. The third-order valence-corrected chi connectivity index (χ3v) is 5.49. The Bertz CT molecular complexity index is 923. The molecule has 2 aromatic heterocycles. The topological polar surface area (TPSA) is 101 Å². The molecule has 8 nitrogen and oxygen atoms in total. The molecule has 0 unspecified atom stereocenters. The van der Waals surface area contributed by atoms with Crippen LogP contribution in [0.5, 0.6) is 0 Å². The quantitative estimate of drug-likeness (QED) is 0.595. The van der Waals surface area contributed by atoms with Crippen molar-refractivity contribution in [3.8, 4) is 0 Å². The van der Waals surface area contributed by atoms with E-state index in [0.29, 0.717) is 17.3 Å². The number of fused-ring (bicyclic) bond motifs is 1. The molecule has 1 fully saturated rings. The van der Waals surface area contributed by atoms with Crippen molar-refractivity contribution in [1.82, 2.24) is 19.9 Å². The number of nitrogens with one attached hydrogen (secondary N) is 2. The summed E-state index contributed by atoms with van der Waals surface area (Å²) in [6.45, 7) is 7.27. The van der Waals surface area contributed by atoms with Gasteiger partial charge in [-0.05, 0) is 18.6 Å². The van der Waals surface area contributed by atoms with Gasteiger partial charge < -0.3 is 21.1 Å². The molecule has 4 rings (SSSR count). The van der Waals surface area contributed by atoms with Crippen LogP contribution in [-0.4, -0.2) is 59.2 Å². The first-order chi connectivity index (χ1) is 13.2. The van der Waals surface area contributed by atoms with Crippen LogP contribution < -0.4 is 16.4 Å². The standard InChI is InChI=1S/C18H23N7OS/c1-12-3-2-4-13-15(12)23-18(27-13)24-17-14(19)16(21-11-22-17)20-5-6-25-7-9-26-10-8-25/h2-4,11H,5-10,19H2,1H3,(H2,20,21,22,23,24). The number of ether oxygens (including phenoxy) is 1. The van der Waals surface area contributed by atoms with Gasteiger partial charge in [-0.3, -0.25) is 4.90 Å². The maximum Gasteiger partial charge on any atom is 0.189 e. The Kier molecular flexibility index (Phi) is 5.33. The molecule has 0 atom stereocenters. The Morgan fingerprint density at radius 1 is 1.22 bits per heavy atom. The minimum atomic E-state index is 0.496. The fourth-order valence-electron chi connectivity index (χ4n) is 3.03. The zero-order valence-electron chi connectivity index (χ0n) is 15.2. The summed E-state index contributed by atoms with van der Waals surface area (Å²) in [5.74, 6) is 1.20. The molecule has 4 N–H and O–H groups in total. The average molecular weight is 385 g/mol. The number of benzene rings is 1. The highest BCUT2D eigenvalue weighted by atomic mass is 32.1. The third kappa shape index (κ3) is 4.10. The summed E-state index contributed by atoms with van der Waals surface area (Å²) in [6.07, 6.45) is 1.51. The van der Waals surface area contributed by atoms with E-state index in [1.807, 2.05) is 6.07 Å². The summed E-state index contributed by atoms with van der Waals surface area (Å²) < 4.78 is 6.50. The molecule has 0 radical (unpaired) electrons. The highest BCUT2D eigenvalue weighted by Gasteiger charge is 2.13. The molecule has 0 spiro atoms. The highest BCUT2D eigenvalue weighted by Crippen LogP contribution is 2.32. The predicted octanol–water partition coefficient (Wildman–Crippen LogP) is 2.46. The number of anilines is 4. The van der Waals surface area contributed by atoms with E-state index in [1.54, 1.807) is 11.3 Å². The largest absolute Gasteiger partial charge is 0.393 e. The molecule has 142 valence electrons. The van der Waals surface area contributed by atoms with Crippen molar-refractivity contribution >= 4 is 44.0 Å². The van der Waals surface area contributed by atoms with E-state index in [0.717, 1.165) is 60.3 Å². The van der Waals surface area contributed by atoms with Crippen LogP contribution in [0, 0.1) is 6.92 Å². The van der Waals surface area contributed by atoms with Gasteiger partial charge >= 0.3 is 0 Å². The van der Waals surface area contributed by atoms with Gasteiger partial charge in [-0.15, -0.1) is 0 Å². The lowest BCUT2D eigenvalue weighted by atomic mass is 10.2. The van der Waals surface area contributed by atoms with E-state index in [9.17, 15) is 0 Å². The van der Waals surface area contributed by atoms with Crippen LogP contribution in [-0.2, 0) is 4.74 Å². The highest BCUT2D eigenvalue weighted by molar-refractivity contribution is 7.22. The Morgan fingerprint density at radius 2 is 2.04 bits per heavy atom. The van der Waals surface area contributed by atoms with E-state index in [2.05, 4.69) is 49.5 Å². The van der Waals surface area contributed by atoms with Gasteiger partial charge in [-0.1, -0.05) is 23.5 Å². The molecular formula is C18H23N7OS. The number of hydrogen-bond acceptors (Lipinski definition) is 9. The summed E-state index contributed by atoms with van der Waals surface area (Å²) in [5.41, 5.74) is 8.92. The zero-order chi connectivity index (χ0) is 18.6. The number of nitrogens with two attached hydrogens (primary N) is 1. The molecule has 3 heterocycles. The molecule has 1 aliphatic heterocycles. The molecule has 0 saturated carbocycles. The maximum atomic E-state index is 6.27. The van der Waals surface area contributed by atoms with Crippen LogP contribution in [0.1, 0.15) is 5.56 Å². The van der Waals surface area contributed by atoms with Gasteiger partial charge in [0.15, 0.2) is 16.8 Å². The SMILES string of the molecule is Cc1cccc2sc(Nc3ncnc(NCCN4CCOCC4)c3N)nc12. The number of aryl methyl sites for hydroxylation is 1. The molecule has 1 aliphatic rings. The van der Waals surface area contributed by atoms with Crippen molar-refractivity contribution in [3.05, 3.63) is 30.1 Å². The van der Waals surface area contributed by atoms with Crippen molar-refractivity contribution < 1.29 is 4.74 Å². The van der Waals surface area contributed by atoms with Gasteiger partial charge in [0.25, 0.3) is 0 Å². The lowest BCUT2D eigenvalue weighted by Gasteiger charge is -2.26. The first-order valence-electron chi connectivity index (χ1n) is 8.98. The Morgan fingerprint density at radius 3 is 2.85 bits per heavy atom. The number of para-hydroxylation sites is 1. The van der Waals surface area contributed by atoms with Gasteiger partial charge in [0.2, 0.25) is 0 Å². The molecule has 1 saturated heterocycles. The van der Waals surface area contributed by atoms with E-state index in [1.165, 1.54) is 6.33 Å². The first kappa shape index (κ1) is 17.9. The van der Waals surface area contributed by atoms with E-state index < -0.39 is 0 Å². The Hall–Kier alpha value is -2.49. The summed E-state index contributed by atoms with van der Waals surface area (Å²) in [7, 11) is 0. The maximum absolute atomic E-state index is 6.27. The van der Waals surface area contributed by atoms with Crippen LogP contribution in [0.15, 0.2) is 24.5 Å². The van der Waals surface area contributed by atoms with Crippen LogP contribution in [0.25, 0.3) is 10.2 Å². The number of thiazole rings is 1. The van der Waals surface area contributed by atoms with Crippen molar-refractivity contribution in [2.24, 2.45) is 0 Å². The van der Waals surface area contributed by atoms with Crippen LogP contribution in [0.4, 0.5) is 22.5 Å². The number of nitrogens with zero attached hydrogens (tertiary/aromatic N) is 4. The molecule has 27 heavy (non-hydrogen) atoms. The number of aromatic nitrogens is 3. The normalized spacial score (nSPS) is 15.1. The van der Waals surface area contributed by atoms with E-state index >= 15 is 0 Å². The van der Waals surface area contributed by atoms with Crippen molar-refractivity contribution in [2.75, 3.05) is 55.8 Å². The Balaban J connectivity index is 1.43. The monoisotopic (exact) mass is 385 g/mol. The van der Waals surface area contributed by atoms with E-state index in [4.69, 9.17) is 10.5 Å². The Labute approximate surface area is 161 Å². The van der Waals surface area contributed by atoms with Gasteiger partial charge in [-0.25, -0.2) is 15.0 Å². The number of morpholine rings is 1. The smallest absolute Gasteiger partial charge is 0.189 e. The molecule has 9 heteroatoms. The molecule has 3 aromatic rings. The summed E-state index contributed by atoms with van der Waals surface area (Å²) in [5, 5.41) is 7.31. The average Bonchev–Trinajstić information content (AvgIpc) is 3.10. The second-order valence-electron chi connectivity index (χ2n) is 6.43. The van der Waals surface area contributed by atoms with Crippen LogP contribution in [0.2, 0.25) is 0 Å². The fourth-order valence-corrected chi connectivity index (χ4v) is 3.98. The summed E-state index contributed by atoms with van der Waals surface area (Å²) in [6, 6.07) is 6.16. The van der Waals surface area contributed by atoms with Gasteiger partial charge in [0.1, 0.15) is 12.0 Å². The lowest BCUT2D eigenvalue weighted by Crippen LogP contribution is -2.39. The van der Waals surface area contributed by atoms with Crippen LogP contribution >= 0.6 is 11.3 Å².